The van der Waals surface area contributed by atoms with E-state index in [1.165, 1.54) is 12.1 Å². The van der Waals surface area contributed by atoms with Gasteiger partial charge in [0.2, 0.25) is 5.95 Å². The molecular weight excluding hydrogens is 257 g/mol. The molecule has 1 aromatic heterocycles. The largest absolute Gasteiger partial charge is 0.434 e. The summed E-state index contributed by atoms with van der Waals surface area (Å²) >= 11 is 0. The van der Waals surface area contributed by atoms with Crippen LogP contribution in [0.2, 0.25) is 0 Å². The molecule has 4 nitrogen and oxygen atoms in total. The molecule has 7 heteroatoms. The van der Waals surface area contributed by atoms with E-state index in [-0.39, 0.29) is 11.1 Å². The average molecular weight is 264 g/mol. The monoisotopic (exact) mass is 264 g/mol. The van der Waals surface area contributed by atoms with Crippen LogP contribution in [0.3, 0.4) is 0 Å². The van der Waals surface area contributed by atoms with Gasteiger partial charge >= 0.3 is 6.18 Å². The smallest absolute Gasteiger partial charge is 0.368 e. The van der Waals surface area contributed by atoms with E-state index in [0.29, 0.717) is 0 Å². The van der Waals surface area contributed by atoms with E-state index >= 15 is 0 Å². The molecule has 0 aliphatic carbocycles. The minimum absolute atomic E-state index is 0.214. The van der Waals surface area contributed by atoms with Crippen LogP contribution >= 0.6 is 0 Å². The molecule has 0 amide bonds. The second-order valence-electron chi connectivity index (χ2n) is 3.63. The second kappa shape index (κ2) is 4.57. The molecule has 0 bridgehead atoms. The molecule has 2 aromatic rings. The zero-order valence-corrected chi connectivity index (χ0v) is 9.44. The van der Waals surface area contributed by atoms with Crippen LogP contribution in [0.1, 0.15) is 11.4 Å². The summed E-state index contributed by atoms with van der Waals surface area (Å²) in [5, 5.41) is 8.93. The summed E-state index contributed by atoms with van der Waals surface area (Å²) in [6, 6.07) is 9.29. The molecule has 1 aromatic carbocycles. The first-order chi connectivity index (χ1) is 8.93. The maximum absolute atomic E-state index is 13.0. The van der Waals surface area contributed by atoms with Gasteiger partial charge < -0.3 is 5.73 Å². The predicted molar refractivity (Wildman–Crippen MR) is 61.6 cm³/mol. The number of hydrogen-bond donors (Lipinski definition) is 1. The number of hydrogen-bond acceptors (Lipinski definition) is 4. The first-order valence-corrected chi connectivity index (χ1v) is 5.13. The van der Waals surface area contributed by atoms with Crippen molar-refractivity contribution in [3.63, 3.8) is 0 Å². The highest BCUT2D eigenvalue weighted by Gasteiger charge is 2.38. The number of halogens is 3. The van der Waals surface area contributed by atoms with Crippen molar-refractivity contribution in [1.82, 2.24) is 9.97 Å². The van der Waals surface area contributed by atoms with E-state index in [9.17, 15) is 13.2 Å². The highest BCUT2D eigenvalue weighted by atomic mass is 19.4. The normalized spacial score (nSPS) is 11.1. The first kappa shape index (κ1) is 12.8. The number of nitrogens with two attached hydrogens (primary N) is 1. The minimum atomic E-state index is -4.71. The van der Waals surface area contributed by atoms with Gasteiger partial charge in [0.1, 0.15) is 6.07 Å². The third-order valence-electron chi connectivity index (χ3n) is 2.36. The molecule has 0 aliphatic heterocycles. The SMILES string of the molecule is N#Cc1nc(N)nc(C(F)(F)F)c1-c1ccccc1. The Morgan fingerprint density at radius 3 is 2.26 bits per heavy atom. The van der Waals surface area contributed by atoms with Gasteiger partial charge in [-0.2, -0.15) is 18.4 Å². The van der Waals surface area contributed by atoms with Crippen LogP contribution in [-0.2, 0) is 6.18 Å². The Labute approximate surface area is 106 Å². The van der Waals surface area contributed by atoms with Gasteiger partial charge in [-0.3, -0.25) is 0 Å². The Balaban J connectivity index is 2.81. The maximum atomic E-state index is 13.0. The molecule has 0 aliphatic rings. The Hall–Kier alpha value is -2.62. The van der Waals surface area contributed by atoms with Crippen LogP contribution in [0, 0.1) is 11.3 Å². The molecule has 2 N–H and O–H groups in total. The number of alkyl halides is 3. The number of rotatable bonds is 1. The van der Waals surface area contributed by atoms with E-state index in [1.54, 1.807) is 24.3 Å². The number of aromatic nitrogens is 2. The molecule has 96 valence electrons. The predicted octanol–water partition coefficient (Wildman–Crippen LogP) is 2.62. The lowest BCUT2D eigenvalue weighted by atomic mass is 10.0. The van der Waals surface area contributed by atoms with Crippen molar-refractivity contribution in [1.29, 1.82) is 5.26 Å². The van der Waals surface area contributed by atoms with Gasteiger partial charge in [-0.1, -0.05) is 30.3 Å². The Morgan fingerprint density at radius 2 is 1.74 bits per heavy atom. The summed E-state index contributed by atoms with van der Waals surface area (Å²) in [6.07, 6.45) is -4.71. The van der Waals surface area contributed by atoms with E-state index in [1.807, 2.05) is 0 Å². The van der Waals surface area contributed by atoms with Gasteiger partial charge in [0.25, 0.3) is 0 Å². The third kappa shape index (κ3) is 2.47. The number of anilines is 1. The highest BCUT2D eigenvalue weighted by Crippen LogP contribution is 2.37. The second-order valence-corrected chi connectivity index (χ2v) is 3.63. The summed E-state index contributed by atoms with van der Waals surface area (Å²) in [4.78, 5) is 6.77. The molecule has 0 atom stereocenters. The maximum Gasteiger partial charge on any atom is 0.434 e. The molecule has 0 saturated carbocycles. The number of benzene rings is 1. The zero-order valence-electron chi connectivity index (χ0n) is 9.44. The number of nitrogens with zero attached hydrogens (tertiary/aromatic N) is 3. The standard InChI is InChI=1S/C12H7F3N4/c13-12(14,15)10-9(7-4-2-1-3-5-7)8(6-16)18-11(17)19-10/h1-5H,(H2,17,18,19). The van der Waals surface area contributed by atoms with Crippen molar-refractivity contribution in [2.75, 3.05) is 5.73 Å². The topological polar surface area (TPSA) is 75.6 Å². The molecule has 0 radical (unpaired) electrons. The summed E-state index contributed by atoms with van der Waals surface area (Å²) in [5.74, 6) is -0.580. The van der Waals surface area contributed by atoms with E-state index in [0.717, 1.165) is 0 Å². The summed E-state index contributed by atoms with van der Waals surface area (Å²) in [6.45, 7) is 0. The van der Waals surface area contributed by atoms with Gasteiger partial charge in [-0.25, -0.2) is 9.97 Å². The molecule has 0 spiro atoms. The van der Waals surface area contributed by atoms with Gasteiger partial charge in [-0.15, -0.1) is 0 Å². The Bertz CT molecular complexity index is 645. The molecular formula is C12H7F3N4. The molecule has 0 unspecified atom stereocenters. The molecule has 0 saturated heterocycles. The molecule has 1 heterocycles. The number of nitrogen functional groups attached to an aromatic ring is 1. The lowest BCUT2D eigenvalue weighted by molar-refractivity contribution is -0.140. The van der Waals surface area contributed by atoms with Gasteiger partial charge in [0, 0.05) is 5.56 Å². The van der Waals surface area contributed by atoms with Gasteiger partial charge in [0.05, 0.1) is 0 Å². The lowest BCUT2D eigenvalue weighted by Crippen LogP contribution is -2.14. The fourth-order valence-corrected chi connectivity index (χ4v) is 1.64. The molecule has 19 heavy (non-hydrogen) atoms. The van der Waals surface area contributed by atoms with Crippen LogP contribution < -0.4 is 5.73 Å². The van der Waals surface area contributed by atoms with Crippen molar-refractivity contribution in [3.8, 4) is 17.2 Å². The summed E-state index contributed by atoms with van der Waals surface area (Å²) in [7, 11) is 0. The van der Waals surface area contributed by atoms with Crippen molar-refractivity contribution in [2.24, 2.45) is 0 Å². The van der Waals surface area contributed by atoms with Crippen molar-refractivity contribution in [3.05, 3.63) is 41.7 Å². The highest BCUT2D eigenvalue weighted by molar-refractivity contribution is 5.72. The van der Waals surface area contributed by atoms with Gasteiger partial charge in [0.15, 0.2) is 11.4 Å². The van der Waals surface area contributed by atoms with Gasteiger partial charge in [-0.05, 0) is 5.56 Å². The third-order valence-corrected chi connectivity index (χ3v) is 2.36. The van der Waals surface area contributed by atoms with Crippen molar-refractivity contribution >= 4 is 5.95 Å². The Kier molecular flexibility index (Phi) is 3.09. The van der Waals surface area contributed by atoms with Crippen LogP contribution in [0.25, 0.3) is 11.1 Å². The first-order valence-electron chi connectivity index (χ1n) is 5.13. The minimum Gasteiger partial charge on any atom is -0.368 e. The quantitative estimate of drug-likeness (QED) is 0.859. The summed E-state index contributed by atoms with van der Waals surface area (Å²) in [5.41, 5.74) is 3.46. The van der Waals surface area contributed by atoms with Crippen LogP contribution in [0.15, 0.2) is 30.3 Å². The van der Waals surface area contributed by atoms with Crippen LogP contribution in [0.5, 0.6) is 0 Å². The summed E-state index contributed by atoms with van der Waals surface area (Å²) < 4.78 is 38.9. The van der Waals surface area contributed by atoms with Crippen molar-refractivity contribution < 1.29 is 13.2 Å². The lowest BCUT2D eigenvalue weighted by Gasteiger charge is -2.13. The Morgan fingerprint density at radius 1 is 1.11 bits per heavy atom. The average Bonchev–Trinajstić information content (AvgIpc) is 2.37. The van der Waals surface area contributed by atoms with Crippen LogP contribution in [-0.4, -0.2) is 9.97 Å². The zero-order chi connectivity index (χ0) is 14.0. The fraction of sp³-hybridized carbons (Fsp3) is 0.0833. The fourth-order valence-electron chi connectivity index (χ4n) is 1.64. The van der Waals surface area contributed by atoms with E-state index in [2.05, 4.69) is 9.97 Å². The number of nitriles is 1. The van der Waals surface area contributed by atoms with E-state index in [4.69, 9.17) is 11.0 Å². The molecule has 2 rings (SSSR count). The van der Waals surface area contributed by atoms with E-state index < -0.39 is 23.5 Å². The molecule has 0 fully saturated rings. The van der Waals surface area contributed by atoms with Crippen LogP contribution in [0.4, 0.5) is 19.1 Å². The van der Waals surface area contributed by atoms with Crippen molar-refractivity contribution in [2.45, 2.75) is 6.18 Å².